The van der Waals surface area contributed by atoms with Crippen LogP contribution in [0.5, 0.6) is 5.75 Å². The minimum atomic E-state index is -1.06. The van der Waals surface area contributed by atoms with E-state index in [-0.39, 0.29) is 0 Å². The summed E-state index contributed by atoms with van der Waals surface area (Å²) in [6.07, 6.45) is 1.66. The van der Waals surface area contributed by atoms with Gasteiger partial charge in [-0.15, -0.1) is 11.3 Å². The Morgan fingerprint density at radius 2 is 2.00 bits per heavy atom. The molecule has 1 aromatic heterocycles. The molecule has 0 aliphatic rings. The van der Waals surface area contributed by atoms with Gasteiger partial charge in [-0.25, -0.2) is 9.78 Å². The van der Waals surface area contributed by atoms with Crippen LogP contribution in [0.2, 0.25) is 0 Å². The van der Waals surface area contributed by atoms with E-state index in [1.54, 1.807) is 30.3 Å². The number of benzene rings is 2. The maximum atomic E-state index is 10.7. The third-order valence-corrected chi connectivity index (χ3v) is 4.28. The lowest BCUT2D eigenvalue weighted by Crippen LogP contribution is -2.09. The van der Waals surface area contributed by atoms with Crippen molar-refractivity contribution >= 4 is 39.2 Å². The molecule has 0 amide bonds. The van der Waals surface area contributed by atoms with Crippen LogP contribution in [0.1, 0.15) is 10.6 Å². The molecule has 0 spiro atoms. The lowest BCUT2D eigenvalue weighted by atomic mass is 10.1. The third kappa shape index (κ3) is 3.42. The second kappa shape index (κ2) is 6.94. The van der Waals surface area contributed by atoms with E-state index in [9.17, 15) is 10.1 Å². The fourth-order valence-electron chi connectivity index (χ4n) is 2.16. The number of aliphatic carboxylic acids is 1. The summed E-state index contributed by atoms with van der Waals surface area (Å²) in [5.74, 6) is -0.644. The summed E-state index contributed by atoms with van der Waals surface area (Å²) < 4.78 is 6.27. The number of nitriles is 1. The molecule has 3 aromatic rings. The van der Waals surface area contributed by atoms with Crippen molar-refractivity contribution in [1.82, 2.24) is 4.98 Å². The van der Waals surface area contributed by atoms with Crippen LogP contribution in [-0.2, 0) is 4.79 Å². The Labute approximate surface area is 142 Å². The predicted molar refractivity (Wildman–Crippen MR) is 92.7 cm³/mol. The molecule has 118 valence electrons. The maximum Gasteiger partial charge on any atom is 0.341 e. The van der Waals surface area contributed by atoms with E-state index in [2.05, 4.69) is 11.1 Å². The Hall–Kier alpha value is -3.17. The van der Waals surface area contributed by atoms with Crippen LogP contribution in [0.3, 0.4) is 0 Å². The topological polar surface area (TPSA) is 83.2 Å². The normalized spacial score (nSPS) is 11.2. The van der Waals surface area contributed by atoms with Gasteiger partial charge in [-0.05, 0) is 24.3 Å². The predicted octanol–water partition coefficient (Wildman–Crippen LogP) is 3.82. The summed E-state index contributed by atoms with van der Waals surface area (Å²) in [6.45, 7) is -0.437. The molecular formula is C18H12N2O3S. The number of rotatable bonds is 5. The van der Waals surface area contributed by atoms with Crippen molar-refractivity contribution in [3.63, 3.8) is 0 Å². The number of carbonyl (C=O) groups is 1. The molecule has 0 atom stereocenters. The van der Waals surface area contributed by atoms with Crippen molar-refractivity contribution in [3.05, 3.63) is 59.1 Å². The Bertz CT molecular complexity index is 937. The van der Waals surface area contributed by atoms with Gasteiger partial charge in [0, 0.05) is 5.56 Å². The quantitative estimate of drug-likeness (QED) is 0.716. The number of carboxylic acids is 1. The Kier molecular flexibility index (Phi) is 4.54. The summed E-state index contributed by atoms with van der Waals surface area (Å²) in [4.78, 5) is 15.2. The molecule has 0 saturated carbocycles. The molecule has 5 nitrogen and oxygen atoms in total. The van der Waals surface area contributed by atoms with E-state index >= 15 is 0 Å². The van der Waals surface area contributed by atoms with E-state index in [1.807, 2.05) is 24.3 Å². The average molecular weight is 336 g/mol. The van der Waals surface area contributed by atoms with Crippen LogP contribution < -0.4 is 4.74 Å². The van der Waals surface area contributed by atoms with Gasteiger partial charge in [0.05, 0.1) is 15.8 Å². The molecule has 0 unspecified atom stereocenters. The number of thiazole rings is 1. The first-order valence-corrected chi connectivity index (χ1v) is 7.90. The van der Waals surface area contributed by atoms with Crippen LogP contribution in [0, 0.1) is 11.3 Å². The molecule has 2 aromatic carbocycles. The summed E-state index contributed by atoms with van der Waals surface area (Å²) in [5, 5.41) is 18.9. The highest BCUT2D eigenvalue weighted by molar-refractivity contribution is 7.19. The smallest absolute Gasteiger partial charge is 0.341 e. The zero-order valence-electron chi connectivity index (χ0n) is 12.5. The molecule has 0 bridgehead atoms. The molecular weight excluding hydrogens is 324 g/mol. The van der Waals surface area contributed by atoms with Gasteiger partial charge in [0.1, 0.15) is 16.8 Å². The monoisotopic (exact) mass is 336 g/mol. The second-order valence-electron chi connectivity index (χ2n) is 4.88. The van der Waals surface area contributed by atoms with E-state index in [1.165, 1.54) is 11.3 Å². The Balaban J connectivity index is 1.99. The molecule has 3 rings (SSSR count). The molecule has 0 aliphatic heterocycles. The van der Waals surface area contributed by atoms with Gasteiger partial charge in [-0.1, -0.05) is 30.3 Å². The van der Waals surface area contributed by atoms with Gasteiger partial charge in [0.2, 0.25) is 0 Å². The average Bonchev–Trinajstić information content (AvgIpc) is 3.02. The van der Waals surface area contributed by atoms with Crippen molar-refractivity contribution in [2.75, 3.05) is 6.61 Å². The van der Waals surface area contributed by atoms with Crippen LogP contribution in [0.4, 0.5) is 0 Å². The molecule has 0 radical (unpaired) electrons. The SMILES string of the molecule is N#C/C(=C/c1ccccc1OCC(=O)O)c1nc2ccccc2s1. The van der Waals surface area contributed by atoms with Crippen LogP contribution >= 0.6 is 11.3 Å². The third-order valence-electron chi connectivity index (χ3n) is 3.21. The number of ether oxygens (including phenoxy) is 1. The molecule has 24 heavy (non-hydrogen) atoms. The summed E-state index contributed by atoms with van der Waals surface area (Å²) in [6, 6.07) is 16.8. The van der Waals surface area contributed by atoms with Crippen LogP contribution in [-0.4, -0.2) is 22.7 Å². The van der Waals surface area contributed by atoms with E-state index < -0.39 is 12.6 Å². The number of para-hydroxylation sites is 2. The van der Waals surface area contributed by atoms with E-state index in [4.69, 9.17) is 9.84 Å². The zero-order valence-corrected chi connectivity index (χ0v) is 13.3. The van der Waals surface area contributed by atoms with Gasteiger partial charge in [0.25, 0.3) is 0 Å². The molecule has 0 saturated heterocycles. The van der Waals surface area contributed by atoms with Crippen molar-refractivity contribution in [1.29, 1.82) is 5.26 Å². The number of hydrogen-bond acceptors (Lipinski definition) is 5. The summed E-state index contributed by atoms with van der Waals surface area (Å²) >= 11 is 1.44. The van der Waals surface area contributed by atoms with Crippen LogP contribution in [0.15, 0.2) is 48.5 Å². The lowest BCUT2D eigenvalue weighted by Gasteiger charge is -2.06. The molecule has 1 heterocycles. The van der Waals surface area contributed by atoms with Gasteiger partial charge in [0.15, 0.2) is 6.61 Å². The maximum absolute atomic E-state index is 10.7. The molecule has 1 N–H and O–H groups in total. The Morgan fingerprint density at radius 1 is 1.25 bits per heavy atom. The number of aromatic nitrogens is 1. The second-order valence-corrected chi connectivity index (χ2v) is 5.91. The van der Waals surface area contributed by atoms with Gasteiger partial charge in [-0.2, -0.15) is 5.26 Å². The van der Waals surface area contributed by atoms with Crippen molar-refractivity contribution in [2.24, 2.45) is 0 Å². The van der Waals surface area contributed by atoms with E-state index in [0.717, 1.165) is 10.2 Å². The van der Waals surface area contributed by atoms with Crippen molar-refractivity contribution in [2.45, 2.75) is 0 Å². The fourth-order valence-corrected chi connectivity index (χ4v) is 3.09. The number of allylic oxidation sites excluding steroid dienone is 1. The lowest BCUT2D eigenvalue weighted by molar-refractivity contribution is -0.139. The first-order chi connectivity index (χ1) is 11.7. The highest BCUT2D eigenvalue weighted by Gasteiger charge is 2.10. The number of fused-ring (bicyclic) bond motifs is 1. The fraction of sp³-hybridized carbons (Fsp3) is 0.0556. The van der Waals surface area contributed by atoms with Crippen molar-refractivity contribution in [3.8, 4) is 11.8 Å². The van der Waals surface area contributed by atoms with Crippen LogP contribution in [0.25, 0.3) is 21.9 Å². The Morgan fingerprint density at radius 3 is 2.75 bits per heavy atom. The first-order valence-electron chi connectivity index (χ1n) is 7.09. The zero-order chi connectivity index (χ0) is 16.9. The van der Waals surface area contributed by atoms with Crippen molar-refractivity contribution < 1.29 is 14.6 Å². The molecule has 0 fully saturated rings. The number of hydrogen-bond donors (Lipinski definition) is 1. The highest BCUT2D eigenvalue weighted by atomic mass is 32.1. The first kappa shape index (κ1) is 15.7. The summed E-state index contributed by atoms with van der Waals surface area (Å²) in [7, 11) is 0. The summed E-state index contributed by atoms with van der Waals surface area (Å²) in [5.41, 5.74) is 1.88. The van der Waals surface area contributed by atoms with Gasteiger partial charge < -0.3 is 9.84 Å². The van der Waals surface area contributed by atoms with E-state index in [0.29, 0.717) is 21.9 Å². The molecule has 6 heteroatoms. The largest absolute Gasteiger partial charge is 0.481 e. The number of nitrogens with zero attached hydrogens (tertiary/aromatic N) is 2. The highest BCUT2D eigenvalue weighted by Crippen LogP contribution is 2.29. The minimum absolute atomic E-state index is 0.405. The van der Waals surface area contributed by atoms with Gasteiger partial charge >= 0.3 is 5.97 Å². The standard InChI is InChI=1S/C18H12N2O3S/c19-10-13(18-20-14-6-2-4-8-16(14)24-18)9-12-5-1-3-7-15(12)23-11-17(21)22/h1-9H,11H2,(H,21,22)/b13-9-. The van der Waals surface area contributed by atoms with Gasteiger partial charge in [-0.3, -0.25) is 0 Å². The molecule has 0 aliphatic carbocycles. The number of carboxylic acid groups (broad SMARTS) is 1. The minimum Gasteiger partial charge on any atom is -0.481 e.